The lowest BCUT2D eigenvalue weighted by molar-refractivity contribution is 0.0563. The van der Waals surface area contributed by atoms with Gasteiger partial charge in [0.15, 0.2) is 0 Å². The first-order chi connectivity index (χ1) is 7.24. The van der Waals surface area contributed by atoms with Crippen LogP contribution in [0.3, 0.4) is 0 Å². The molecule has 0 bridgehead atoms. The van der Waals surface area contributed by atoms with E-state index in [0.29, 0.717) is 0 Å². The van der Waals surface area contributed by atoms with Gasteiger partial charge in [0.1, 0.15) is 11.4 Å². The number of nitrogens with zero attached hydrogens (tertiary/aromatic N) is 1. The molecule has 6 heteroatoms. The third-order valence-corrected chi connectivity index (χ3v) is 1.21. The number of alkyl carbamates (subject to hydrolysis) is 1. The van der Waals surface area contributed by atoms with Crippen LogP contribution in [0.4, 0.5) is 9.59 Å². The standard InChI is InChI=1S/C10H18N2O4/c1-6-15-8(13)11-7(2)12-9(14)16-10(3,4)5/h6H2,1-5H3,(H,11,12,13,14). The lowest BCUT2D eigenvalue weighted by Gasteiger charge is -2.19. The number of amides is 2. The Hall–Kier alpha value is -1.59. The number of hydrogen-bond acceptors (Lipinski definition) is 4. The number of ether oxygens (including phenoxy) is 2. The van der Waals surface area contributed by atoms with Crippen LogP contribution in [0.1, 0.15) is 34.6 Å². The highest BCUT2D eigenvalue weighted by Crippen LogP contribution is 2.06. The average Bonchev–Trinajstić information content (AvgIpc) is 1.98. The maximum atomic E-state index is 11.2. The van der Waals surface area contributed by atoms with Gasteiger partial charge in [-0.2, -0.15) is 4.99 Å². The van der Waals surface area contributed by atoms with E-state index in [-0.39, 0.29) is 12.4 Å². The summed E-state index contributed by atoms with van der Waals surface area (Å²) in [5, 5.41) is 2.31. The molecule has 0 aromatic heterocycles. The monoisotopic (exact) mass is 230 g/mol. The number of rotatable bonds is 1. The molecule has 0 saturated heterocycles. The van der Waals surface area contributed by atoms with Gasteiger partial charge in [0.05, 0.1) is 6.61 Å². The Morgan fingerprint density at radius 2 is 1.88 bits per heavy atom. The third kappa shape index (κ3) is 7.78. The van der Waals surface area contributed by atoms with Crippen LogP contribution in [0.25, 0.3) is 0 Å². The van der Waals surface area contributed by atoms with Gasteiger partial charge in [-0.3, -0.25) is 5.32 Å². The second-order valence-electron chi connectivity index (χ2n) is 4.02. The van der Waals surface area contributed by atoms with Gasteiger partial charge in [-0.05, 0) is 34.6 Å². The molecule has 6 nitrogen and oxygen atoms in total. The van der Waals surface area contributed by atoms with Crippen molar-refractivity contribution < 1.29 is 19.1 Å². The topological polar surface area (TPSA) is 77.0 Å². The summed E-state index contributed by atoms with van der Waals surface area (Å²) >= 11 is 0. The van der Waals surface area contributed by atoms with Crippen molar-refractivity contribution in [2.75, 3.05) is 6.61 Å². The smallest absolute Gasteiger partial charge is 0.435 e. The van der Waals surface area contributed by atoms with Crippen molar-refractivity contribution in [3.63, 3.8) is 0 Å². The molecule has 0 aromatic carbocycles. The maximum absolute atomic E-state index is 11.2. The minimum Gasteiger partial charge on any atom is -0.448 e. The summed E-state index contributed by atoms with van der Waals surface area (Å²) < 4.78 is 9.54. The fraction of sp³-hybridized carbons (Fsp3) is 0.700. The molecular weight excluding hydrogens is 212 g/mol. The molecular formula is C10H18N2O4. The van der Waals surface area contributed by atoms with Crippen molar-refractivity contribution >= 4 is 18.0 Å². The molecule has 0 unspecified atom stereocenters. The molecule has 0 spiro atoms. The van der Waals surface area contributed by atoms with Crippen molar-refractivity contribution in [1.29, 1.82) is 0 Å². The Balaban J connectivity index is 4.19. The van der Waals surface area contributed by atoms with Crippen LogP contribution in [0.2, 0.25) is 0 Å². The highest BCUT2D eigenvalue weighted by Gasteiger charge is 2.16. The van der Waals surface area contributed by atoms with Gasteiger partial charge in [-0.25, -0.2) is 9.59 Å². The molecule has 16 heavy (non-hydrogen) atoms. The third-order valence-electron chi connectivity index (χ3n) is 1.21. The Morgan fingerprint density at radius 3 is 2.31 bits per heavy atom. The zero-order valence-electron chi connectivity index (χ0n) is 10.3. The van der Waals surface area contributed by atoms with Gasteiger partial charge in [-0.1, -0.05) is 0 Å². The molecule has 0 aliphatic rings. The van der Waals surface area contributed by atoms with Gasteiger partial charge >= 0.3 is 12.2 Å². The van der Waals surface area contributed by atoms with E-state index in [1.807, 2.05) is 0 Å². The summed E-state index contributed by atoms with van der Waals surface area (Å²) in [5.74, 6) is 0.132. The number of carbonyl (C=O) groups is 2. The molecule has 0 heterocycles. The summed E-state index contributed by atoms with van der Waals surface area (Å²) in [6.45, 7) is 8.60. The molecule has 0 aromatic rings. The van der Waals surface area contributed by atoms with Crippen LogP contribution < -0.4 is 5.32 Å². The SMILES string of the molecule is CCOC(=O)N=C(C)NC(=O)OC(C)(C)C. The van der Waals surface area contributed by atoms with E-state index < -0.39 is 17.8 Å². The quantitative estimate of drug-likeness (QED) is 0.552. The zero-order valence-corrected chi connectivity index (χ0v) is 10.3. The van der Waals surface area contributed by atoms with Crippen molar-refractivity contribution in [2.45, 2.75) is 40.2 Å². The van der Waals surface area contributed by atoms with Crippen LogP contribution in [0.5, 0.6) is 0 Å². The number of aliphatic imine (C=N–C) groups is 1. The molecule has 0 rings (SSSR count). The summed E-state index contributed by atoms with van der Waals surface area (Å²) in [6, 6.07) is 0. The van der Waals surface area contributed by atoms with Crippen LogP contribution >= 0.6 is 0 Å². The van der Waals surface area contributed by atoms with Gasteiger partial charge in [-0.15, -0.1) is 0 Å². The molecule has 0 aliphatic heterocycles. The fourth-order valence-electron chi connectivity index (χ4n) is 0.772. The molecule has 0 radical (unpaired) electrons. The lowest BCUT2D eigenvalue weighted by Crippen LogP contribution is -2.35. The van der Waals surface area contributed by atoms with E-state index in [1.54, 1.807) is 27.7 Å². The second kappa shape index (κ2) is 6.09. The highest BCUT2D eigenvalue weighted by molar-refractivity contribution is 5.98. The number of amidine groups is 1. The summed E-state index contributed by atoms with van der Waals surface area (Å²) in [4.78, 5) is 25.6. The van der Waals surface area contributed by atoms with Crippen LogP contribution in [0, 0.1) is 0 Å². The number of carbonyl (C=O) groups excluding carboxylic acids is 2. The fourth-order valence-corrected chi connectivity index (χ4v) is 0.772. The predicted octanol–water partition coefficient (Wildman–Crippen LogP) is 2.09. The average molecular weight is 230 g/mol. The summed E-state index contributed by atoms with van der Waals surface area (Å²) in [5.41, 5.74) is -0.589. The molecule has 92 valence electrons. The van der Waals surface area contributed by atoms with Gasteiger partial charge in [0.2, 0.25) is 0 Å². The normalized spacial score (nSPS) is 11.9. The van der Waals surface area contributed by atoms with E-state index in [4.69, 9.17) is 4.74 Å². The first kappa shape index (κ1) is 14.4. The Kier molecular flexibility index (Phi) is 5.49. The molecule has 2 amide bonds. The lowest BCUT2D eigenvalue weighted by atomic mass is 10.2. The van der Waals surface area contributed by atoms with Crippen LogP contribution in [0.15, 0.2) is 4.99 Å². The largest absolute Gasteiger partial charge is 0.448 e. The van der Waals surface area contributed by atoms with Gasteiger partial charge < -0.3 is 9.47 Å². The Morgan fingerprint density at radius 1 is 1.31 bits per heavy atom. The minimum atomic E-state index is -0.740. The van der Waals surface area contributed by atoms with Gasteiger partial charge in [0, 0.05) is 0 Å². The number of nitrogens with one attached hydrogen (secondary N) is 1. The van der Waals surface area contributed by atoms with Crippen LogP contribution in [-0.2, 0) is 9.47 Å². The van der Waals surface area contributed by atoms with Crippen molar-refractivity contribution in [1.82, 2.24) is 5.32 Å². The van der Waals surface area contributed by atoms with Gasteiger partial charge in [0.25, 0.3) is 0 Å². The van der Waals surface area contributed by atoms with E-state index in [9.17, 15) is 9.59 Å². The summed E-state index contributed by atoms with van der Waals surface area (Å²) in [7, 11) is 0. The van der Waals surface area contributed by atoms with Crippen molar-refractivity contribution in [3.8, 4) is 0 Å². The molecule has 0 saturated carbocycles. The maximum Gasteiger partial charge on any atom is 0.435 e. The Labute approximate surface area is 95.0 Å². The van der Waals surface area contributed by atoms with E-state index in [1.165, 1.54) is 6.92 Å². The second-order valence-corrected chi connectivity index (χ2v) is 4.02. The minimum absolute atomic E-state index is 0.132. The first-order valence-electron chi connectivity index (χ1n) is 4.96. The molecule has 0 aliphatic carbocycles. The van der Waals surface area contributed by atoms with Crippen molar-refractivity contribution in [3.05, 3.63) is 0 Å². The predicted molar refractivity (Wildman–Crippen MR) is 59.5 cm³/mol. The van der Waals surface area contributed by atoms with E-state index >= 15 is 0 Å². The zero-order chi connectivity index (χ0) is 12.8. The highest BCUT2D eigenvalue weighted by atomic mass is 16.6. The molecule has 0 atom stereocenters. The van der Waals surface area contributed by atoms with Crippen molar-refractivity contribution in [2.24, 2.45) is 4.99 Å². The Bertz CT molecular complexity index is 292. The molecule has 0 fully saturated rings. The molecule has 1 N–H and O–H groups in total. The first-order valence-corrected chi connectivity index (χ1v) is 4.96. The van der Waals surface area contributed by atoms with E-state index in [0.717, 1.165) is 0 Å². The number of hydrogen-bond donors (Lipinski definition) is 1. The van der Waals surface area contributed by atoms with E-state index in [2.05, 4.69) is 15.0 Å². The van der Waals surface area contributed by atoms with Crippen LogP contribution in [-0.4, -0.2) is 30.2 Å². The summed E-state index contributed by atoms with van der Waals surface area (Å²) in [6.07, 6.45) is -1.39.